The zero-order valence-corrected chi connectivity index (χ0v) is 49.0. The summed E-state index contributed by atoms with van der Waals surface area (Å²) < 4.78 is 55.5. The van der Waals surface area contributed by atoms with Gasteiger partial charge in [-0.2, -0.15) is 5.10 Å². The second-order valence-electron chi connectivity index (χ2n) is 23.0. The van der Waals surface area contributed by atoms with Gasteiger partial charge < -0.3 is 55.1 Å². The van der Waals surface area contributed by atoms with Crippen molar-refractivity contribution < 1.29 is 56.8 Å². The summed E-state index contributed by atoms with van der Waals surface area (Å²) in [6, 6.07) is 7.89. The maximum Gasteiger partial charge on any atom is 0.258 e. The molecule has 2 saturated heterocycles. The standard InChI is InChI=1S/C59H73F2N13O10S/c1-36-50(85-35-65-36)38-7-8-40(28-64-54(77)46-27-42(75)32-74(46)56(79)51(58(2,3)4)70-57(80)59(61)11-12-59)48(26-38)84-24-23-83-22-21-82-20-19-81-18-13-62-49(76)34-71-14-16-72(17-15-71)55(78)39-9-10-44(43(60)25-39)68-52-53-63-31-47(41-29-66-67-30-41)73(53)33-45(69-52)37-5-6-37/h7-10,25-26,29-31,33,35,37,42,46,51,75H,5-6,11-24,27-28,32,34H2,1-4H3,(H,62,76)(H,64,77)(H,66,67)(H,68,69)(H,70,80)/t42-,46+,51-/m1/s1. The lowest BCUT2D eigenvalue weighted by atomic mass is 9.85. The molecule has 4 fully saturated rings. The fraction of sp³-hybridized carbons (Fsp3) is 0.508. The van der Waals surface area contributed by atoms with Gasteiger partial charge in [0.25, 0.3) is 11.8 Å². The number of piperazine rings is 1. The Bertz CT molecular complexity index is 3340. The molecule has 5 amide bonds. The Labute approximate surface area is 494 Å². The van der Waals surface area contributed by atoms with Gasteiger partial charge in [0.2, 0.25) is 17.7 Å². The lowest BCUT2D eigenvalue weighted by Gasteiger charge is -2.35. The average Bonchev–Trinajstić information content (AvgIpc) is 3.42. The van der Waals surface area contributed by atoms with Crippen molar-refractivity contribution in [3.8, 4) is 27.4 Å². The number of aromatic nitrogens is 6. The number of benzene rings is 2. The Morgan fingerprint density at radius 2 is 1.65 bits per heavy atom. The number of aryl methyl sites for hydroxylation is 1. The Hall–Kier alpha value is -7.49. The molecule has 4 aromatic heterocycles. The van der Waals surface area contributed by atoms with Gasteiger partial charge in [0.1, 0.15) is 30.3 Å². The molecule has 0 unspecified atom stereocenters. The summed E-state index contributed by atoms with van der Waals surface area (Å²) in [4.78, 5) is 86.3. The van der Waals surface area contributed by atoms with E-state index in [1.165, 1.54) is 22.3 Å². The first-order valence-corrected chi connectivity index (χ1v) is 29.7. The predicted octanol–water partition coefficient (Wildman–Crippen LogP) is 4.93. The van der Waals surface area contributed by atoms with Gasteiger partial charge in [0.05, 0.1) is 97.8 Å². The number of ether oxygens (including phenoxy) is 4. The molecule has 2 aliphatic heterocycles. The molecule has 6 heterocycles. The number of halogens is 2. The van der Waals surface area contributed by atoms with Crippen molar-refractivity contribution in [1.82, 2.24) is 60.2 Å². The number of rotatable bonds is 27. The smallest absolute Gasteiger partial charge is 0.258 e. The number of aliphatic hydroxyl groups excluding tert-OH is 1. The van der Waals surface area contributed by atoms with Crippen LogP contribution in [0.25, 0.3) is 27.3 Å². The number of aliphatic hydroxyl groups is 1. The molecule has 0 bridgehead atoms. The molecule has 6 aromatic rings. The number of fused-ring (bicyclic) bond motifs is 1. The first-order chi connectivity index (χ1) is 40.9. The number of hydrogen-bond donors (Lipinski definition) is 6. The lowest BCUT2D eigenvalue weighted by Crippen LogP contribution is -2.59. The number of nitrogens with zero attached hydrogens (tertiary/aromatic N) is 8. The first-order valence-electron chi connectivity index (χ1n) is 28.8. The van der Waals surface area contributed by atoms with Crippen molar-refractivity contribution in [2.75, 3.05) is 97.4 Å². The minimum atomic E-state index is -1.99. The third-order valence-electron chi connectivity index (χ3n) is 15.5. The van der Waals surface area contributed by atoms with Crippen molar-refractivity contribution in [3.05, 3.63) is 95.0 Å². The minimum absolute atomic E-state index is 0.00167. The summed E-state index contributed by atoms with van der Waals surface area (Å²) in [5.41, 5.74) is 4.88. The van der Waals surface area contributed by atoms with Crippen LogP contribution in [0.5, 0.6) is 5.75 Å². The molecule has 6 N–H and O–H groups in total. The van der Waals surface area contributed by atoms with Crippen LogP contribution < -0.4 is 26.0 Å². The van der Waals surface area contributed by atoms with E-state index in [0.717, 1.165) is 45.9 Å². The SMILES string of the molecule is Cc1ncsc1-c1ccc(CNC(=O)[C@@H]2C[C@@H](O)CN2C(=O)[C@@H](NC(=O)C2(F)CC2)C(C)(C)C)c(OCCOCCOCCOCCNC(=O)CN2CCN(C(=O)c3ccc(Nc4nc(C5CC5)cn5c(-c6cn[nH]c6)cnc45)c(F)c3)CC2)c1. The van der Waals surface area contributed by atoms with Crippen LogP contribution in [0.3, 0.4) is 0 Å². The topological polar surface area (TPSA) is 272 Å². The Kier molecular flexibility index (Phi) is 19.1. The number of hydrogen-bond acceptors (Lipinski definition) is 17. The molecular weight excluding hydrogens is 1120 g/mol. The molecular formula is C59H73F2N13O10S. The Balaban J connectivity index is 0.593. The number of amides is 5. The van der Waals surface area contributed by atoms with E-state index < -0.39 is 52.8 Å². The molecule has 10 rings (SSSR count). The summed E-state index contributed by atoms with van der Waals surface area (Å²) in [5.74, 6) is -1.69. The van der Waals surface area contributed by atoms with Gasteiger partial charge in [-0.1, -0.05) is 32.9 Å². The van der Waals surface area contributed by atoms with Gasteiger partial charge in [-0.25, -0.2) is 23.7 Å². The fourth-order valence-corrected chi connectivity index (χ4v) is 11.1. The number of carbonyl (C=O) groups excluding carboxylic acids is 5. The van der Waals surface area contributed by atoms with Crippen molar-refractivity contribution in [2.24, 2.45) is 5.41 Å². The van der Waals surface area contributed by atoms with Crippen LogP contribution in [0.15, 0.2) is 66.7 Å². The van der Waals surface area contributed by atoms with E-state index in [9.17, 15) is 33.5 Å². The van der Waals surface area contributed by atoms with Crippen molar-refractivity contribution >= 4 is 58.0 Å². The summed E-state index contributed by atoms with van der Waals surface area (Å²) in [6.07, 6.45) is 8.48. The molecule has 454 valence electrons. The second-order valence-corrected chi connectivity index (χ2v) is 23.8. The Morgan fingerprint density at radius 1 is 0.906 bits per heavy atom. The molecule has 0 radical (unpaired) electrons. The van der Waals surface area contributed by atoms with E-state index in [4.69, 9.17) is 23.9 Å². The van der Waals surface area contributed by atoms with E-state index in [-0.39, 0.29) is 75.2 Å². The number of anilines is 2. The van der Waals surface area contributed by atoms with Crippen molar-refractivity contribution in [3.63, 3.8) is 0 Å². The van der Waals surface area contributed by atoms with Crippen LogP contribution in [0.2, 0.25) is 0 Å². The number of H-pyrrole nitrogens is 1. The predicted molar refractivity (Wildman–Crippen MR) is 310 cm³/mol. The zero-order valence-electron chi connectivity index (χ0n) is 48.2. The fourth-order valence-electron chi connectivity index (χ4n) is 10.3. The van der Waals surface area contributed by atoms with Crippen LogP contribution in [-0.2, 0) is 39.9 Å². The van der Waals surface area contributed by atoms with Gasteiger partial charge >= 0.3 is 0 Å². The molecule has 4 aliphatic rings. The number of thiazole rings is 1. The van der Waals surface area contributed by atoms with E-state index >= 15 is 4.39 Å². The summed E-state index contributed by atoms with van der Waals surface area (Å²) in [7, 11) is 0. The first kappa shape index (κ1) is 60.6. The van der Waals surface area contributed by atoms with E-state index in [0.29, 0.717) is 94.5 Å². The van der Waals surface area contributed by atoms with Crippen LogP contribution in [-0.4, -0.2) is 195 Å². The highest BCUT2D eigenvalue weighted by molar-refractivity contribution is 7.13. The maximum absolute atomic E-state index is 15.7. The zero-order chi connectivity index (χ0) is 59.8. The number of alkyl halides is 1. The molecule has 2 aromatic carbocycles. The van der Waals surface area contributed by atoms with Crippen LogP contribution in [0.1, 0.15) is 86.1 Å². The third-order valence-corrected chi connectivity index (χ3v) is 16.4. The van der Waals surface area contributed by atoms with Gasteiger partial charge in [-0.15, -0.1) is 11.3 Å². The normalized spacial score (nSPS) is 18.1. The van der Waals surface area contributed by atoms with Crippen molar-refractivity contribution in [2.45, 2.75) is 96.1 Å². The number of β-amino-alcohol motifs (C(OH)–C–C–N with tert-alkyl or cyclic N) is 1. The van der Waals surface area contributed by atoms with Gasteiger partial charge in [-0.3, -0.25) is 38.4 Å². The number of imidazole rings is 1. The number of aromatic amines is 1. The third kappa shape index (κ3) is 15.1. The van der Waals surface area contributed by atoms with E-state index in [1.54, 1.807) is 61.9 Å². The molecule has 2 aliphatic carbocycles. The highest BCUT2D eigenvalue weighted by atomic mass is 32.1. The summed E-state index contributed by atoms with van der Waals surface area (Å²) in [6.45, 7) is 11.3. The minimum Gasteiger partial charge on any atom is -0.491 e. The quantitative estimate of drug-likeness (QED) is 0.0374. The summed E-state index contributed by atoms with van der Waals surface area (Å²) in [5, 5.41) is 29.0. The molecule has 3 atom stereocenters. The highest BCUT2D eigenvalue weighted by Gasteiger charge is 2.53. The monoisotopic (exact) mass is 1190 g/mol. The highest BCUT2D eigenvalue weighted by Crippen LogP contribution is 2.42. The van der Waals surface area contributed by atoms with Crippen molar-refractivity contribution in [1.29, 1.82) is 0 Å². The van der Waals surface area contributed by atoms with E-state index in [1.807, 2.05) is 40.6 Å². The molecule has 85 heavy (non-hydrogen) atoms. The van der Waals surface area contributed by atoms with Gasteiger partial charge in [-0.05, 0) is 67.9 Å². The van der Waals surface area contributed by atoms with Gasteiger partial charge in [0.15, 0.2) is 17.1 Å². The maximum atomic E-state index is 15.7. The summed E-state index contributed by atoms with van der Waals surface area (Å²) >= 11 is 1.49. The molecule has 26 heteroatoms. The molecule has 23 nitrogen and oxygen atoms in total. The van der Waals surface area contributed by atoms with Crippen LogP contribution >= 0.6 is 11.3 Å². The Morgan fingerprint density at radius 3 is 2.32 bits per heavy atom. The van der Waals surface area contributed by atoms with Crippen LogP contribution in [0, 0.1) is 18.2 Å². The van der Waals surface area contributed by atoms with Gasteiger partial charge in [0, 0.05) is 87.2 Å². The largest absolute Gasteiger partial charge is 0.491 e. The molecule has 0 spiro atoms. The lowest BCUT2D eigenvalue weighted by molar-refractivity contribution is -0.145. The van der Waals surface area contributed by atoms with E-state index in [2.05, 4.69) is 41.4 Å². The number of likely N-dealkylation sites (tertiary alicyclic amines) is 1. The average molecular weight is 1190 g/mol. The van der Waals surface area contributed by atoms with Crippen LogP contribution in [0.4, 0.5) is 20.3 Å². The number of carbonyl (C=O) groups is 5. The number of nitrogens with one attached hydrogen (secondary N) is 5. The molecule has 2 saturated carbocycles. The second kappa shape index (κ2) is 26.8.